The number of carbonyl (C=O) groups excluding carboxylic acids is 3. The second kappa shape index (κ2) is 8.29. The average Bonchev–Trinajstić information content (AvgIpc) is 3.51. The van der Waals surface area contributed by atoms with Crippen molar-refractivity contribution < 1.29 is 33.3 Å². The van der Waals surface area contributed by atoms with Gasteiger partial charge in [0.25, 0.3) is 5.91 Å². The highest BCUT2D eigenvalue weighted by molar-refractivity contribution is 6.04. The fourth-order valence-corrected chi connectivity index (χ4v) is 3.76. The standard InChI is InChI=1S/C22H21N3O7/c26-20(23-9-13-1-4-16-18(7-13)31-11-29-16)6-3-15-21(27)25(22(28)24-15)10-14-2-5-17-19(8-14)32-12-30-17/h1-2,4-5,7-8,15H,3,6,9-12H2,(H,23,26)(H,24,28)/t15-/m0/s1. The van der Waals surface area contributed by atoms with Gasteiger partial charge < -0.3 is 29.6 Å². The Balaban J connectivity index is 1.11. The van der Waals surface area contributed by atoms with Crippen molar-refractivity contribution in [2.24, 2.45) is 0 Å². The van der Waals surface area contributed by atoms with Gasteiger partial charge in [0, 0.05) is 13.0 Å². The minimum absolute atomic E-state index is 0.110. The molecule has 4 amide bonds. The molecule has 1 atom stereocenters. The van der Waals surface area contributed by atoms with E-state index in [1.807, 2.05) is 12.1 Å². The lowest BCUT2D eigenvalue weighted by Gasteiger charge is -2.13. The highest BCUT2D eigenvalue weighted by atomic mass is 16.7. The predicted molar refractivity (Wildman–Crippen MR) is 109 cm³/mol. The molecule has 0 saturated carbocycles. The third-order valence-electron chi connectivity index (χ3n) is 5.47. The molecule has 3 aliphatic heterocycles. The molecule has 166 valence electrons. The van der Waals surface area contributed by atoms with E-state index in [0.717, 1.165) is 16.0 Å². The van der Waals surface area contributed by atoms with Crippen molar-refractivity contribution in [2.45, 2.75) is 32.0 Å². The summed E-state index contributed by atoms with van der Waals surface area (Å²) < 4.78 is 21.2. The Kier molecular flexibility index (Phi) is 5.18. The van der Waals surface area contributed by atoms with Gasteiger partial charge in [-0.3, -0.25) is 14.5 Å². The molecule has 10 heteroatoms. The van der Waals surface area contributed by atoms with Crippen LogP contribution < -0.4 is 29.6 Å². The summed E-state index contributed by atoms with van der Waals surface area (Å²) in [7, 11) is 0. The van der Waals surface area contributed by atoms with Crippen molar-refractivity contribution in [3.8, 4) is 23.0 Å². The summed E-state index contributed by atoms with van der Waals surface area (Å²) in [5.74, 6) is 2.00. The molecule has 0 unspecified atom stereocenters. The number of urea groups is 1. The number of carbonyl (C=O) groups is 3. The number of nitrogens with zero attached hydrogens (tertiary/aromatic N) is 1. The number of benzene rings is 2. The summed E-state index contributed by atoms with van der Waals surface area (Å²) in [5, 5.41) is 5.47. The first-order chi connectivity index (χ1) is 15.6. The zero-order valence-electron chi connectivity index (χ0n) is 17.1. The zero-order valence-corrected chi connectivity index (χ0v) is 17.1. The molecular weight excluding hydrogens is 418 g/mol. The van der Waals surface area contributed by atoms with Gasteiger partial charge in [-0.1, -0.05) is 12.1 Å². The van der Waals surface area contributed by atoms with E-state index in [9.17, 15) is 14.4 Å². The van der Waals surface area contributed by atoms with E-state index in [-0.39, 0.29) is 44.8 Å². The van der Waals surface area contributed by atoms with Gasteiger partial charge >= 0.3 is 6.03 Å². The van der Waals surface area contributed by atoms with Gasteiger partial charge in [0.05, 0.1) is 6.54 Å². The monoisotopic (exact) mass is 439 g/mol. The van der Waals surface area contributed by atoms with Crippen LogP contribution in [0.2, 0.25) is 0 Å². The van der Waals surface area contributed by atoms with Crippen LogP contribution in [0, 0.1) is 0 Å². The molecule has 0 aliphatic carbocycles. The number of hydrogen-bond donors (Lipinski definition) is 2. The molecule has 2 aromatic rings. The number of ether oxygens (including phenoxy) is 4. The van der Waals surface area contributed by atoms with Crippen LogP contribution in [0.3, 0.4) is 0 Å². The maximum Gasteiger partial charge on any atom is 0.325 e. The van der Waals surface area contributed by atoms with Crippen molar-refractivity contribution in [3.63, 3.8) is 0 Å². The SMILES string of the molecule is O=C(CC[C@@H]1NC(=O)N(Cc2ccc3c(c2)OCO3)C1=O)NCc1ccc2c(c1)OCO2. The van der Waals surface area contributed by atoms with Gasteiger partial charge in [-0.2, -0.15) is 0 Å². The van der Waals surface area contributed by atoms with Crippen LogP contribution in [0.1, 0.15) is 24.0 Å². The Morgan fingerprint density at radius 2 is 1.56 bits per heavy atom. The molecule has 0 radical (unpaired) electrons. The van der Waals surface area contributed by atoms with Crippen LogP contribution in [-0.4, -0.2) is 42.4 Å². The third-order valence-corrected chi connectivity index (χ3v) is 5.47. The average molecular weight is 439 g/mol. The van der Waals surface area contributed by atoms with Crippen LogP contribution in [0.15, 0.2) is 36.4 Å². The molecule has 10 nitrogen and oxygen atoms in total. The molecule has 3 aliphatic rings. The van der Waals surface area contributed by atoms with Crippen LogP contribution in [0.4, 0.5) is 4.79 Å². The zero-order chi connectivity index (χ0) is 22.1. The fourth-order valence-electron chi connectivity index (χ4n) is 3.76. The van der Waals surface area contributed by atoms with Gasteiger partial charge in [0.2, 0.25) is 19.5 Å². The van der Waals surface area contributed by atoms with Crippen LogP contribution in [0.5, 0.6) is 23.0 Å². The lowest BCUT2D eigenvalue weighted by Crippen LogP contribution is -2.32. The predicted octanol–water partition coefficient (Wildman–Crippen LogP) is 1.66. The summed E-state index contributed by atoms with van der Waals surface area (Å²) in [6, 6.07) is 9.54. The van der Waals surface area contributed by atoms with E-state index < -0.39 is 12.1 Å². The van der Waals surface area contributed by atoms with Crippen molar-refractivity contribution in [1.82, 2.24) is 15.5 Å². The molecule has 0 spiro atoms. The first-order valence-electron chi connectivity index (χ1n) is 10.2. The Bertz CT molecular complexity index is 1090. The smallest absolute Gasteiger partial charge is 0.325 e. The van der Waals surface area contributed by atoms with Crippen LogP contribution in [-0.2, 0) is 22.7 Å². The first-order valence-corrected chi connectivity index (χ1v) is 10.2. The highest BCUT2D eigenvalue weighted by Crippen LogP contribution is 2.33. The largest absolute Gasteiger partial charge is 0.454 e. The summed E-state index contributed by atoms with van der Waals surface area (Å²) >= 11 is 0. The summed E-state index contributed by atoms with van der Waals surface area (Å²) in [5.41, 5.74) is 1.63. The molecular formula is C22H21N3O7. The lowest BCUT2D eigenvalue weighted by atomic mass is 10.1. The Morgan fingerprint density at radius 1 is 0.938 bits per heavy atom. The van der Waals surface area contributed by atoms with Crippen molar-refractivity contribution in [2.75, 3.05) is 13.6 Å². The second-order valence-electron chi connectivity index (χ2n) is 7.62. The summed E-state index contributed by atoms with van der Waals surface area (Å²) in [6.45, 7) is 0.795. The number of imide groups is 1. The maximum absolute atomic E-state index is 12.7. The van der Waals surface area contributed by atoms with Gasteiger partial charge in [-0.25, -0.2) is 4.79 Å². The first kappa shape index (κ1) is 20.0. The number of hydrogen-bond acceptors (Lipinski definition) is 7. The lowest BCUT2D eigenvalue weighted by molar-refractivity contribution is -0.128. The second-order valence-corrected chi connectivity index (χ2v) is 7.62. The minimum Gasteiger partial charge on any atom is -0.454 e. The number of nitrogens with one attached hydrogen (secondary N) is 2. The van der Waals surface area contributed by atoms with Gasteiger partial charge in [0.1, 0.15) is 6.04 Å². The van der Waals surface area contributed by atoms with Crippen LogP contribution in [0.25, 0.3) is 0 Å². The topological polar surface area (TPSA) is 115 Å². The van der Waals surface area contributed by atoms with Crippen LogP contribution >= 0.6 is 0 Å². The summed E-state index contributed by atoms with van der Waals surface area (Å²) in [4.78, 5) is 38.4. The maximum atomic E-state index is 12.7. The fraction of sp³-hybridized carbons (Fsp3) is 0.318. The Morgan fingerprint density at radius 3 is 2.28 bits per heavy atom. The van der Waals surface area contributed by atoms with E-state index in [1.165, 1.54) is 0 Å². The molecule has 0 bridgehead atoms. The molecule has 5 rings (SSSR count). The van der Waals surface area contributed by atoms with Gasteiger partial charge in [-0.05, 0) is 41.8 Å². The van der Waals surface area contributed by atoms with Gasteiger partial charge in [0.15, 0.2) is 23.0 Å². The highest BCUT2D eigenvalue weighted by Gasteiger charge is 2.38. The molecule has 32 heavy (non-hydrogen) atoms. The van der Waals surface area contributed by atoms with E-state index in [2.05, 4.69) is 10.6 Å². The molecule has 2 aromatic carbocycles. The van der Waals surface area contributed by atoms with Crippen molar-refractivity contribution in [3.05, 3.63) is 47.5 Å². The van der Waals surface area contributed by atoms with E-state index >= 15 is 0 Å². The van der Waals surface area contributed by atoms with Crippen molar-refractivity contribution >= 4 is 17.8 Å². The van der Waals surface area contributed by atoms with E-state index in [4.69, 9.17) is 18.9 Å². The molecule has 0 aromatic heterocycles. The normalized spacial score (nSPS) is 18.1. The molecule has 1 fully saturated rings. The summed E-state index contributed by atoms with van der Waals surface area (Å²) in [6.07, 6.45) is 0.328. The molecule has 1 saturated heterocycles. The number of fused-ring (bicyclic) bond motifs is 2. The number of amides is 4. The third kappa shape index (κ3) is 3.98. The van der Waals surface area contributed by atoms with E-state index in [0.29, 0.717) is 29.5 Å². The number of rotatable bonds is 7. The quantitative estimate of drug-likeness (QED) is 0.631. The van der Waals surface area contributed by atoms with Crippen molar-refractivity contribution in [1.29, 1.82) is 0 Å². The Hall–Kier alpha value is -3.95. The minimum atomic E-state index is -0.729. The molecule has 3 heterocycles. The van der Waals surface area contributed by atoms with Gasteiger partial charge in [-0.15, -0.1) is 0 Å². The molecule has 2 N–H and O–H groups in total. The Labute approximate surface area is 183 Å². The van der Waals surface area contributed by atoms with E-state index in [1.54, 1.807) is 24.3 Å².